The summed E-state index contributed by atoms with van der Waals surface area (Å²) in [4.78, 5) is 12.1. The van der Waals surface area contributed by atoms with Crippen LogP contribution in [-0.4, -0.2) is 40.6 Å². The van der Waals surface area contributed by atoms with Gasteiger partial charge in [-0.05, 0) is 38.0 Å². The van der Waals surface area contributed by atoms with E-state index in [1.807, 2.05) is 32.0 Å². The monoisotopic (exact) mass is 317 g/mol. The Bertz CT molecular complexity index is 680. The highest BCUT2D eigenvalue weighted by Crippen LogP contribution is 2.20. The number of ether oxygens (including phenoxy) is 1. The summed E-state index contributed by atoms with van der Waals surface area (Å²) in [5.41, 5.74) is 4.29. The minimum atomic E-state index is -0.384. The molecular formula is C17H23N3O3. The van der Waals surface area contributed by atoms with Crippen molar-refractivity contribution in [2.45, 2.75) is 27.3 Å². The van der Waals surface area contributed by atoms with Gasteiger partial charge in [-0.3, -0.25) is 0 Å². The minimum absolute atomic E-state index is 0.0341. The molecule has 0 aliphatic rings. The molecule has 2 aromatic rings. The summed E-state index contributed by atoms with van der Waals surface area (Å²) in [6.45, 7) is 7.01. The van der Waals surface area contributed by atoms with Gasteiger partial charge in [0.1, 0.15) is 5.56 Å². The lowest BCUT2D eigenvalue weighted by molar-refractivity contribution is 0.0525. The van der Waals surface area contributed by atoms with Crippen LogP contribution in [0.15, 0.2) is 24.4 Å². The molecule has 0 saturated heterocycles. The zero-order chi connectivity index (χ0) is 16.8. The van der Waals surface area contributed by atoms with Gasteiger partial charge in [-0.2, -0.15) is 5.10 Å². The molecule has 0 radical (unpaired) electrons. The van der Waals surface area contributed by atoms with Crippen molar-refractivity contribution in [1.29, 1.82) is 0 Å². The molecule has 0 saturated carbocycles. The lowest BCUT2D eigenvalue weighted by Gasteiger charge is -2.13. The second-order valence-electron chi connectivity index (χ2n) is 5.33. The van der Waals surface area contributed by atoms with Gasteiger partial charge in [0.25, 0.3) is 0 Å². The van der Waals surface area contributed by atoms with Crippen molar-refractivity contribution >= 4 is 5.97 Å². The lowest BCUT2D eigenvalue weighted by Crippen LogP contribution is -2.22. The zero-order valence-electron chi connectivity index (χ0n) is 13.8. The number of rotatable bonds is 7. The predicted molar refractivity (Wildman–Crippen MR) is 87.8 cm³/mol. The number of esters is 1. The minimum Gasteiger partial charge on any atom is -0.462 e. The summed E-state index contributed by atoms with van der Waals surface area (Å²) >= 11 is 0. The van der Waals surface area contributed by atoms with Crippen molar-refractivity contribution in [1.82, 2.24) is 15.1 Å². The van der Waals surface area contributed by atoms with E-state index in [4.69, 9.17) is 9.84 Å². The molecule has 124 valence electrons. The van der Waals surface area contributed by atoms with E-state index in [0.717, 1.165) is 22.5 Å². The molecular weight excluding hydrogens is 294 g/mol. The molecule has 0 aliphatic carbocycles. The quantitative estimate of drug-likeness (QED) is 0.601. The molecule has 1 aromatic carbocycles. The third kappa shape index (κ3) is 3.97. The van der Waals surface area contributed by atoms with Crippen molar-refractivity contribution in [3.63, 3.8) is 0 Å². The number of carbonyl (C=O) groups excluding carboxylic acids is 1. The molecule has 0 aliphatic heterocycles. The first-order valence-electron chi connectivity index (χ1n) is 7.71. The Morgan fingerprint density at radius 2 is 2.17 bits per heavy atom. The van der Waals surface area contributed by atoms with E-state index in [1.54, 1.807) is 11.6 Å². The van der Waals surface area contributed by atoms with Crippen LogP contribution in [0, 0.1) is 13.8 Å². The largest absolute Gasteiger partial charge is 0.462 e. The van der Waals surface area contributed by atoms with E-state index in [1.165, 1.54) is 6.20 Å². The molecule has 2 N–H and O–H groups in total. The SMILES string of the molecule is CCOC(=O)c1cnn(-c2cc(C)ccc2C)c1CNCCO. The number of nitrogens with zero attached hydrogens (tertiary/aromatic N) is 2. The van der Waals surface area contributed by atoms with Crippen LogP contribution in [0.1, 0.15) is 34.1 Å². The van der Waals surface area contributed by atoms with Gasteiger partial charge in [-0.15, -0.1) is 0 Å². The zero-order valence-corrected chi connectivity index (χ0v) is 13.8. The van der Waals surface area contributed by atoms with Gasteiger partial charge in [0.2, 0.25) is 0 Å². The van der Waals surface area contributed by atoms with E-state index in [-0.39, 0.29) is 12.6 Å². The third-order valence-corrected chi connectivity index (χ3v) is 3.54. The lowest BCUT2D eigenvalue weighted by atomic mass is 10.1. The fourth-order valence-corrected chi connectivity index (χ4v) is 2.36. The van der Waals surface area contributed by atoms with Crippen LogP contribution < -0.4 is 5.32 Å². The van der Waals surface area contributed by atoms with Crippen molar-refractivity contribution in [3.05, 3.63) is 46.8 Å². The smallest absolute Gasteiger partial charge is 0.341 e. The van der Waals surface area contributed by atoms with Crippen LogP contribution in [-0.2, 0) is 11.3 Å². The fraction of sp³-hybridized carbons (Fsp3) is 0.412. The normalized spacial score (nSPS) is 10.8. The Kier molecular flexibility index (Phi) is 5.90. The van der Waals surface area contributed by atoms with Gasteiger partial charge in [0.15, 0.2) is 0 Å². The summed E-state index contributed by atoms with van der Waals surface area (Å²) in [5.74, 6) is -0.384. The van der Waals surface area contributed by atoms with Gasteiger partial charge < -0.3 is 15.2 Å². The average molecular weight is 317 g/mol. The number of nitrogens with one attached hydrogen (secondary N) is 1. The molecule has 0 spiro atoms. The van der Waals surface area contributed by atoms with Crippen LogP contribution in [0.2, 0.25) is 0 Å². The molecule has 0 amide bonds. The maximum Gasteiger partial charge on any atom is 0.341 e. The van der Waals surface area contributed by atoms with E-state index in [2.05, 4.69) is 10.4 Å². The van der Waals surface area contributed by atoms with E-state index in [9.17, 15) is 4.79 Å². The number of hydrogen-bond donors (Lipinski definition) is 2. The molecule has 0 unspecified atom stereocenters. The highest BCUT2D eigenvalue weighted by atomic mass is 16.5. The molecule has 1 heterocycles. The van der Waals surface area contributed by atoms with Crippen LogP contribution in [0.4, 0.5) is 0 Å². The first-order valence-corrected chi connectivity index (χ1v) is 7.71. The Labute approximate surface area is 136 Å². The molecule has 0 fully saturated rings. The van der Waals surface area contributed by atoms with Gasteiger partial charge >= 0.3 is 5.97 Å². The van der Waals surface area contributed by atoms with Gasteiger partial charge in [-0.1, -0.05) is 12.1 Å². The summed E-state index contributed by atoms with van der Waals surface area (Å²) < 4.78 is 6.87. The second-order valence-corrected chi connectivity index (χ2v) is 5.33. The van der Waals surface area contributed by atoms with Gasteiger partial charge in [-0.25, -0.2) is 9.48 Å². The number of aliphatic hydroxyl groups is 1. The summed E-state index contributed by atoms with van der Waals surface area (Å²) in [6, 6.07) is 6.10. The Hall–Kier alpha value is -2.18. The van der Waals surface area contributed by atoms with E-state index < -0.39 is 0 Å². The Morgan fingerprint density at radius 3 is 2.87 bits per heavy atom. The first kappa shape index (κ1) is 17.2. The highest BCUT2D eigenvalue weighted by Gasteiger charge is 2.20. The van der Waals surface area contributed by atoms with E-state index >= 15 is 0 Å². The molecule has 1 aromatic heterocycles. The number of hydrogen-bond acceptors (Lipinski definition) is 5. The maximum absolute atomic E-state index is 12.1. The molecule has 6 nitrogen and oxygen atoms in total. The summed E-state index contributed by atoms with van der Waals surface area (Å²) in [7, 11) is 0. The second kappa shape index (κ2) is 7.89. The first-order chi connectivity index (χ1) is 11.1. The van der Waals surface area contributed by atoms with Crippen molar-refractivity contribution in [2.24, 2.45) is 0 Å². The van der Waals surface area contributed by atoms with Crippen LogP contribution in [0.25, 0.3) is 5.69 Å². The Morgan fingerprint density at radius 1 is 1.39 bits per heavy atom. The van der Waals surface area contributed by atoms with Crippen LogP contribution in [0.5, 0.6) is 0 Å². The van der Waals surface area contributed by atoms with Gasteiger partial charge in [0, 0.05) is 13.1 Å². The van der Waals surface area contributed by atoms with E-state index in [0.29, 0.717) is 25.3 Å². The molecule has 6 heteroatoms. The van der Waals surface area contributed by atoms with Gasteiger partial charge in [0.05, 0.1) is 30.8 Å². The molecule has 0 bridgehead atoms. The highest BCUT2D eigenvalue weighted by molar-refractivity contribution is 5.90. The van der Waals surface area contributed by atoms with Crippen LogP contribution in [0.3, 0.4) is 0 Å². The Balaban J connectivity index is 2.45. The van der Waals surface area contributed by atoms with Crippen LogP contribution >= 0.6 is 0 Å². The number of aliphatic hydroxyl groups excluding tert-OH is 1. The summed E-state index contributed by atoms with van der Waals surface area (Å²) in [6.07, 6.45) is 1.54. The number of carbonyl (C=O) groups is 1. The standard InChI is InChI=1S/C17H23N3O3/c1-4-23-17(22)14-10-19-20(16(14)11-18-7-8-21)15-9-12(2)5-6-13(15)3/h5-6,9-10,18,21H,4,7-8,11H2,1-3H3. The summed E-state index contributed by atoms with van der Waals surface area (Å²) in [5, 5.41) is 16.4. The molecule has 2 rings (SSSR count). The molecule has 23 heavy (non-hydrogen) atoms. The van der Waals surface area contributed by atoms with Crippen molar-refractivity contribution < 1.29 is 14.6 Å². The average Bonchev–Trinajstić information content (AvgIpc) is 2.94. The topological polar surface area (TPSA) is 76.4 Å². The third-order valence-electron chi connectivity index (χ3n) is 3.54. The number of aromatic nitrogens is 2. The maximum atomic E-state index is 12.1. The molecule has 0 atom stereocenters. The van der Waals surface area contributed by atoms with Crippen molar-refractivity contribution in [2.75, 3.05) is 19.8 Å². The fourth-order valence-electron chi connectivity index (χ4n) is 2.36. The number of aryl methyl sites for hydroxylation is 2. The predicted octanol–water partition coefficient (Wildman–Crippen LogP) is 1.75. The van der Waals surface area contributed by atoms with Crippen molar-refractivity contribution in [3.8, 4) is 5.69 Å². The number of benzene rings is 1.